The van der Waals surface area contributed by atoms with Crippen LogP contribution < -0.4 is 0 Å². The maximum absolute atomic E-state index is 9.00. The van der Waals surface area contributed by atoms with Gasteiger partial charge in [-0.1, -0.05) is 93.5 Å². The summed E-state index contributed by atoms with van der Waals surface area (Å²) in [5, 5.41) is 6.05. The molecule has 0 atom stereocenters. The first-order valence-electron chi connectivity index (χ1n) is 16.6. The summed E-state index contributed by atoms with van der Waals surface area (Å²) in [6.07, 6.45) is 1.28. The molecule has 2 aromatic heterocycles. The Labute approximate surface area is 238 Å². The second-order valence-electron chi connectivity index (χ2n) is 11.2. The van der Waals surface area contributed by atoms with E-state index >= 15 is 0 Å². The third-order valence-corrected chi connectivity index (χ3v) is 7.63. The highest BCUT2D eigenvalue weighted by Crippen LogP contribution is 2.41. The van der Waals surface area contributed by atoms with Crippen LogP contribution in [0.4, 0.5) is 0 Å². The normalized spacial score (nSPS) is 15.5. The molecule has 2 heterocycles. The maximum Gasteiger partial charge on any atom is 0.144 e. The number of hydrogen-bond donors (Lipinski definition) is 0. The van der Waals surface area contributed by atoms with Gasteiger partial charge in [-0.05, 0) is 81.3 Å². The van der Waals surface area contributed by atoms with Crippen LogP contribution in [-0.2, 0) is 5.41 Å². The molecule has 0 spiro atoms. The van der Waals surface area contributed by atoms with Crippen molar-refractivity contribution in [2.24, 2.45) is 0 Å². The molecule has 2 heteroatoms. The number of rotatable bonds is 2. The summed E-state index contributed by atoms with van der Waals surface area (Å²) in [4.78, 5) is 4.59. The third kappa shape index (κ3) is 3.74. The van der Waals surface area contributed by atoms with Crippen molar-refractivity contribution < 1.29 is 14.0 Å². The van der Waals surface area contributed by atoms with Crippen LogP contribution in [0.1, 0.15) is 47.1 Å². The van der Waals surface area contributed by atoms with Crippen molar-refractivity contribution in [3.05, 3.63) is 114 Å². The summed E-state index contributed by atoms with van der Waals surface area (Å²) in [7, 11) is 0. The number of aryl methyl sites for hydroxylation is 2. The minimum atomic E-state index is -2.60. The van der Waals surface area contributed by atoms with Crippen LogP contribution in [-0.4, -0.2) is 4.98 Å². The highest BCUT2D eigenvalue weighted by molar-refractivity contribution is 6.23. The minimum absolute atomic E-state index is 0.0542. The molecule has 0 N–H and O–H groups in total. The van der Waals surface area contributed by atoms with Crippen molar-refractivity contribution in [3.63, 3.8) is 0 Å². The molecular formula is C37H31NO. The van der Waals surface area contributed by atoms with Gasteiger partial charge in [0.05, 0.1) is 7.06 Å². The Morgan fingerprint density at radius 2 is 1.46 bits per heavy atom. The van der Waals surface area contributed by atoms with E-state index in [-0.39, 0.29) is 28.3 Å². The zero-order valence-corrected chi connectivity index (χ0v) is 22.0. The van der Waals surface area contributed by atoms with Gasteiger partial charge in [0.25, 0.3) is 0 Å². The first-order chi connectivity index (χ1) is 21.6. The van der Waals surface area contributed by atoms with Crippen molar-refractivity contribution in [3.8, 4) is 22.4 Å². The fourth-order valence-corrected chi connectivity index (χ4v) is 5.51. The number of benzene rings is 5. The molecule has 0 bridgehead atoms. The summed E-state index contributed by atoms with van der Waals surface area (Å²) in [5.74, 6) is 0. The summed E-state index contributed by atoms with van der Waals surface area (Å²) in [6, 6.07) is 27.0. The average Bonchev–Trinajstić information content (AvgIpc) is 3.38. The number of nitrogens with zero attached hydrogens (tertiary/aromatic N) is 1. The van der Waals surface area contributed by atoms with E-state index in [2.05, 4.69) is 35.3 Å². The Morgan fingerprint density at radius 3 is 2.31 bits per heavy atom. The van der Waals surface area contributed by atoms with Gasteiger partial charge in [-0.25, -0.2) is 0 Å². The van der Waals surface area contributed by atoms with Crippen LogP contribution in [0.25, 0.3) is 65.9 Å². The molecule has 0 aliphatic heterocycles. The summed E-state index contributed by atoms with van der Waals surface area (Å²) >= 11 is 0. The zero-order chi connectivity index (χ0) is 32.8. The Kier molecular flexibility index (Phi) is 3.77. The van der Waals surface area contributed by atoms with Crippen LogP contribution in [0.15, 0.2) is 102 Å². The number of pyridine rings is 1. The zero-order valence-electron chi connectivity index (χ0n) is 29.0. The molecule has 39 heavy (non-hydrogen) atoms. The molecule has 5 aromatic carbocycles. The van der Waals surface area contributed by atoms with Crippen LogP contribution in [0.2, 0.25) is 0 Å². The molecule has 0 amide bonds. The van der Waals surface area contributed by atoms with E-state index < -0.39 is 19.1 Å². The number of hydrogen-bond acceptors (Lipinski definition) is 2. The lowest BCUT2D eigenvalue weighted by Gasteiger charge is -2.21. The molecule has 0 aliphatic carbocycles. The van der Waals surface area contributed by atoms with Crippen LogP contribution >= 0.6 is 0 Å². The van der Waals surface area contributed by atoms with Gasteiger partial charge in [0.15, 0.2) is 0 Å². The monoisotopic (exact) mass is 512 g/mol. The van der Waals surface area contributed by atoms with Gasteiger partial charge in [-0.2, -0.15) is 0 Å². The summed E-state index contributed by atoms with van der Waals surface area (Å²) < 4.78 is 65.7. The molecular weight excluding hydrogens is 474 g/mol. The SMILES string of the molecule is [2H]c1cc(C(C)(C)C)cc(C([2H])([2H])[2H])c1-c1cc(-c2cccc3c2oc2c3ccc3ccc4ccccc4c32)ncc1C([2H])([2H])[2H]. The number of para-hydroxylation sites is 1. The lowest BCUT2D eigenvalue weighted by molar-refractivity contribution is 0.590. The van der Waals surface area contributed by atoms with Gasteiger partial charge in [-0.3, -0.25) is 4.98 Å². The first-order valence-corrected chi connectivity index (χ1v) is 13.1. The number of furan rings is 1. The minimum Gasteiger partial charge on any atom is -0.455 e. The topological polar surface area (TPSA) is 26.0 Å². The standard InChI is InChI=1S/C37H31NO/c1-22-19-26(37(3,4)5)16-18-27(22)32-20-33(38-21-23(32)2)31-12-8-11-29-30-17-15-25-14-13-24-9-6-7-10-28(24)34(25)36(30)39-35(29)31/h6-21H,1-5H3/i1D3,2D3,18D. The fourth-order valence-electron chi connectivity index (χ4n) is 5.51. The molecule has 0 unspecified atom stereocenters. The Hall–Kier alpha value is -4.43. The highest BCUT2D eigenvalue weighted by Gasteiger charge is 2.19. The van der Waals surface area contributed by atoms with Crippen LogP contribution in [0.3, 0.4) is 0 Å². The third-order valence-electron chi connectivity index (χ3n) is 7.63. The Bertz CT molecular complexity index is 2340. The van der Waals surface area contributed by atoms with E-state index in [1.807, 2.05) is 57.2 Å². The van der Waals surface area contributed by atoms with Gasteiger partial charge in [0, 0.05) is 36.1 Å². The van der Waals surface area contributed by atoms with Crippen molar-refractivity contribution in [2.75, 3.05) is 0 Å². The van der Waals surface area contributed by atoms with Gasteiger partial charge < -0.3 is 4.42 Å². The molecule has 0 aliphatic rings. The van der Waals surface area contributed by atoms with E-state index in [1.54, 1.807) is 18.2 Å². The van der Waals surface area contributed by atoms with E-state index in [9.17, 15) is 0 Å². The predicted molar refractivity (Wildman–Crippen MR) is 166 cm³/mol. The Balaban J connectivity index is 1.53. The highest BCUT2D eigenvalue weighted by atomic mass is 16.3. The second-order valence-corrected chi connectivity index (χ2v) is 11.2. The molecule has 190 valence electrons. The van der Waals surface area contributed by atoms with E-state index in [0.29, 0.717) is 22.4 Å². The van der Waals surface area contributed by atoms with Crippen molar-refractivity contribution in [1.82, 2.24) is 4.98 Å². The summed E-state index contributed by atoms with van der Waals surface area (Å²) in [6.45, 7) is 0.646. The average molecular weight is 513 g/mol. The van der Waals surface area contributed by atoms with Gasteiger partial charge in [0.1, 0.15) is 11.2 Å². The van der Waals surface area contributed by atoms with Gasteiger partial charge in [0.2, 0.25) is 0 Å². The van der Waals surface area contributed by atoms with Crippen molar-refractivity contribution in [1.29, 1.82) is 0 Å². The molecule has 2 nitrogen and oxygen atoms in total. The first kappa shape index (κ1) is 17.2. The number of fused-ring (bicyclic) bond motifs is 7. The molecule has 0 saturated heterocycles. The number of aromatic nitrogens is 1. The largest absolute Gasteiger partial charge is 0.455 e. The molecule has 0 radical (unpaired) electrons. The maximum atomic E-state index is 9.00. The van der Waals surface area contributed by atoms with E-state index in [4.69, 9.17) is 14.0 Å². The smallest absolute Gasteiger partial charge is 0.144 e. The van der Waals surface area contributed by atoms with Crippen molar-refractivity contribution in [2.45, 2.75) is 39.9 Å². The molecule has 0 saturated carbocycles. The quantitative estimate of drug-likeness (QED) is 0.215. The molecule has 7 aromatic rings. The van der Waals surface area contributed by atoms with Gasteiger partial charge in [-0.15, -0.1) is 0 Å². The predicted octanol–water partition coefficient (Wildman–Crippen LogP) is 10.5. The fraction of sp³-hybridized carbons (Fsp3) is 0.162. The van der Waals surface area contributed by atoms with Crippen LogP contribution in [0.5, 0.6) is 0 Å². The van der Waals surface area contributed by atoms with E-state index in [0.717, 1.165) is 37.9 Å². The summed E-state index contributed by atoms with van der Waals surface area (Å²) in [5.41, 5.74) is 2.67. The van der Waals surface area contributed by atoms with E-state index in [1.165, 1.54) is 6.20 Å². The lowest BCUT2D eigenvalue weighted by Crippen LogP contribution is -2.11. The van der Waals surface area contributed by atoms with Crippen LogP contribution in [0, 0.1) is 13.7 Å². The lowest BCUT2D eigenvalue weighted by atomic mass is 9.84. The Morgan fingerprint density at radius 1 is 0.692 bits per heavy atom. The molecule has 7 rings (SSSR count). The van der Waals surface area contributed by atoms with Crippen molar-refractivity contribution >= 4 is 43.5 Å². The second kappa shape index (κ2) is 8.54. The molecule has 0 fully saturated rings. The van der Waals surface area contributed by atoms with Gasteiger partial charge >= 0.3 is 0 Å².